The van der Waals surface area contributed by atoms with Gasteiger partial charge in [0.25, 0.3) is 0 Å². The van der Waals surface area contributed by atoms with Gasteiger partial charge in [-0.25, -0.2) is 4.68 Å². The molecule has 7 heteroatoms. The molecule has 0 radical (unpaired) electrons. The maximum Gasteiger partial charge on any atom is 0.227 e. The number of thioether (sulfide) groups is 1. The molecular weight excluding hydrogens is 340 g/mol. The van der Waals surface area contributed by atoms with Gasteiger partial charge in [-0.2, -0.15) is 4.98 Å². The first kappa shape index (κ1) is 15.9. The van der Waals surface area contributed by atoms with Crippen molar-refractivity contribution in [3.05, 3.63) is 34.2 Å². The molecule has 0 aromatic carbocycles. The van der Waals surface area contributed by atoms with Crippen molar-refractivity contribution in [1.29, 1.82) is 0 Å². The van der Waals surface area contributed by atoms with Crippen LogP contribution >= 0.6 is 23.1 Å². The lowest BCUT2D eigenvalue weighted by atomic mass is 9.73. The van der Waals surface area contributed by atoms with Crippen LogP contribution in [0.15, 0.2) is 34.4 Å². The topological polar surface area (TPSA) is 59.8 Å². The Labute approximate surface area is 149 Å². The molecule has 126 valence electrons. The summed E-state index contributed by atoms with van der Waals surface area (Å²) in [7, 11) is 0. The van der Waals surface area contributed by atoms with Crippen molar-refractivity contribution >= 4 is 34.8 Å². The summed E-state index contributed by atoms with van der Waals surface area (Å²) in [6.45, 7) is 6.30. The molecule has 0 amide bonds. The summed E-state index contributed by atoms with van der Waals surface area (Å²) >= 11 is 3.29. The van der Waals surface area contributed by atoms with E-state index in [1.807, 2.05) is 10.7 Å². The molecule has 0 saturated carbocycles. The molecule has 24 heavy (non-hydrogen) atoms. The van der Waals surface area contributed by atoms with E-state index >= 15 is 0 Å². The number of carbonyl (C=O) groups excluding carboxylic acids is 1. The van der Waals surface area contributed by atoms with Gasteiger partial charge >= 0.3 is 0 Å². The molecule has 1 aliphatic heterocycles. The van der Waals surface area contributed by atoms with Gasteiger partial charge in [0.15, 0.2) is 0 Å². The lowest BCUT2D eigenvalue weighted by Gasteiger charge is -2.39. The Hall–Kier alpha value is -1.60. The van der Waals surface area contributed by atoms with Crippen molar-refractivity contribution < 1.29 is 4.79 Å². The van der Waals surface area contributed by atoms with Crippen LogP contribution in [0, 0.1) is 11.3 Å². The molecule has 3 heterocycles. The molecule has 2 aromatic heterocycles. The van der Waals surface area contributed by atoms with Gasteiger partial charge < -0.3 is 5.32 Å². The molecule has 0 spiro atoms. The van der Waals surface area contributed by atoms with Crippen LogP contribution < -0.4 is 5.32 Å². The largest absolute Gasteiger partial charge is 0.328 e. The zero-order valence-electron chi connectivity index (χ0n) is 13.9. The zero-order chi connectivity index (χ0) is 16.9. The van der Waals surface area contributed by atoms with Crippen LogP contribution in [0.5, 0.6) is 0 Å². The first-order valence-electron chi connectivity index (χ1n) is 8.14. The number of thiophene rings is 1. The molecule has 1 N–H and O–H groups in total. The highest BCUT2D eigenvalue weighted by Crippen LogP contribution is 2.46. The third kappa shape index (κ3) is 2.59. The second-order valence-electron chi connectivity index (χ2n) is 6.89. The Kier molecular flexibility index (Phi) is 3.80. The number of Topliss-reactive ketones (excluding diaryl/α,β-unsaturated/α-hetero) is 1. The second-order valence-corrected chi connectivity index (χ2v) is 9.10. The van der Waals surface area contributed by atoms with E-state index in [2.05, 4.69) is 53.7 Å². The van der Waals surface area contributed by atoms with E-state index < -0.39 is 0 Å². The van der Waals surface area contributed by atoms with Gasteiger partial charge in [0, 0.05) is 17.0 Å². The van der Waals surface area contributed by atoms with Crippen LogP contribution in [0.25, 0.3) is 0 Å². The third-order valence-corrected chi connectivity index (χ3v) is 6.08. The van der Waals surface area contributed by atoms with E-state index in [9.17, 15) is 4.79 Å². The number of ketones is 1. The summed E-state index contributed by atoms with van der Waals surface area (Å²) < 4.78 is 1.90. The summed E-state index contributed by atoms with van der Waals surface area (Å²) in [4.78, 5) is 18.7. The Morgan fingerprint density at radius 3 is 3.04 bits per heavy atom. The highest BCUT2D eigenvalue weighted by atomic mass is 32.2. The maximum absolute atomic E-state index is 12.9. The minimum Gasteiger partial charge on any atom is -0.328 e. The first-order valence-corrected chi connectivity index (χ1v) is 10.0. The molecular formula is C17H20N4OS2. The van der Waals surface area contributed by atoms with Crippen molar-refractivity contribution in [2.24, 2.45) is 11.3 Å². The SMILES string of the molecule is CCSc1nc2n(n1)[C@H](c1cccs1)[C@H]1C(=O)CC(C)(C)C=C1N2. The molecule has 4 rings (SSSR count). The number of aromatic nitrogens is 3. The van der Waals surface area contributed by atoms with E-state index in [0.717, 1.165) is 27.4 Å². The molecule has 1 aliphatic carbocycles. The van der Waals surface area contributed by atoms with E-state index in [4.69, 9.17) is 0 Å². The first-order chi connectivity index (χ1) is 11.5. The molecule has 2 aliphatic rings. The number of hydrogen-bond acceptors (Lipinski definition) is 6. The lowest BCUT2D eigenvalue weighted by Crippen LogP contribution is -2.41. The fraction of sp³-hybridized carbons (Fsp3) is 0.471. The van der Waals surface area contributed by atoms with Crippen molar-refractivity contribution in [3.8, 4) is 0 Å². The molecule has 5 nitrogen and oxygen atoms in total. The number of anilines is 1. The summed E-state index contributed by atoms with van der Waals surface area (Å²) in [5.41, 5.74) is 0.849. The fourth-order valence-corrected chi connectivity index (χ4v) is 4.94. The fourth-order valence-electron chi connectivity index (χ4n) is 3.54. The number of fused-ring (bicyclic) bond motifs is 2. The zero-order valence-corrected chi connectivity index (χ0v) is 15.6. The quantitative estimate of drug-likeness (QED) is 0.840. The number of hydrogen-bond donors (Lipinski definition) is 1. The monoisotopic (exact) mass is 360 g/mol. The highest BCUT2D eigenvalue weighted by molar-refractivity contribution is 7.99. The van der Waals surface area contributed by atoms with Gasteiger partial charge in [-0.15, -0.1) is 16.4 Å². The minimum atomic E-state index is -0.203. The van der Waals surface area contributed by atoms with Crippen LogP contribution in [0.1, 0.15) is 38.1 Å². The highest BCUT2D eigenvalue weighted by Gasteiger charge is 2.45. The average molecular weight is 361 g/mol. The van der Waals surface area contributed by atoms with Crippen LogP contribution in [0.3, 0.4) is 0 Å². The second kappa shape index (κ2) is 5.74. The van der Waals surface area contributed by atoms with Crippen molar-refractivity contribution in [2.45, 2.75) is 38.4 Å². The van der Waals surface area contributed by atoms with Gasteiger partial charge in [0.1, 0.15) is 11.8 Å². The third-order valence-electron chi connectivity index (χ3n) is 4.41. The minimum absolute atomic E-state index is 0.102. The van der Waals surface area contributed by atoms with Gasteiger partial charge in [-0.3, -0.25) is 4.79 Å². The Morgan fingerprint density at radius 1 is 1.50 bits per heavy atom. The number of nitrogens with zero attached hydrogens (tertiary/aromatic N) is 3. The molecule has 2 atom stereocenters. The molecule has 0 saturated heterocycles. The molecule has 2 aromatic rings. The number of allylic oxidation sites excluding steroid dienone is 2. The summed E-state index contributed by atoms with van der Waals surface area (Å²) in [5, 5.41) is 10.9. The smallest absolute Gasteiger partial charge is 0.227 e. The summed E-state index contributed by atoms with van der Waals surface area (Å²) in [6.07, 6.45) is 2.76. The van der Waals surface area contributed by atoms with Gasteiger partial charge in [-0.1, -0.05) is 44.7 Å². The van der Waals surface area contributed by atoms with Crippen molar-refractivity contribution in [2.75, 3.05) is 11.1 Å². The van der Waals surface area contributed by atoms with Crippen molar-refractivity contribution in [3.63, 3.8) is 0 Å². The van der Waals surface area contributed by atoms with Crippen LogP contribution in [-0.4, -0.2) is 26.3 Å². The van der Waals surface area contributed by atoms with Gasteiger partial charge in [-0.05, 0) is 22.6 Å². The van der Waals surface area contributed by atoms with Crippen LogP contribution in [0.4, 0.5) is 5.95 Å². The van der Waals surface area contributed by atoms with Gasteiger partial charge in [0.05, 0.1) is 5.92 Å². The van der Waals surface area contributed by atoms with E-state index in [0.29, 0.717) is 6.42 Å². The Bertz CT molecular complexity index is 807. The maximum atomic E-state index is 12.9. The standard InChI is InChI=1S/C17H20N4OS2/c1-4-23-16-19-15-18-10-8-17(2,3)9-11(22)13(10)14(21(15)20-16)12-6-5-7-24-12/h5-8,13-14H,4,9H2,1-3H3,(H,18,19,20)/t13-,14-/m1/s1. The summed E-state index contributed by atoms with van der Waals surface area (Å²) in [6, 6.07) is 4.01. The Balaban J connectivity index is 1.87. The Morgan fingerprint density at radius 2 is 2.33 bits per heavy atom. The van der Waals surface area contributed by atoms with Gasteiger partial charge in [0.2, 0.25) is 11.1 Å². The number of rotatable bonds is 3. The molecule has 0 fully saturated rings. The normalized spacial score (nSPS) is 24.8. The van der Waals surface area contributed by atoms with Crippen LogP contribution in [0.2, 0.25) is 0 Å². The number of nitrogens with one attached hydrogen (secondary N) is 1. The van der Waals surface area contributed by atoms with Crippen molar-refractivity contribution in [1.82, 2.24) is 14.8 Å². The van der Waals surface area contributed by atoms with Crippen LogP contribution in [-0.2, 0) is 4.79 Å². The average Bonchev–Trinajstić information content (AvgIpc) is 3.12. The van der Waals surface area contributed by atoms with E-state index in [1.165, 1.54) is 0 Å². The predicted molar refractivity (Wildman–Crippen MR) is 97.5 cm³/mol. The lowest BCUT2D eigenvalue weighted by molar-refractivity contribution is -0.125. The predicted octanol–water partition coefficient (Wildman–Crippen LogP) is 3.97. The molecule has 0 bridgehead atoms. The summed E-state index contributed by atoms with van der Waals surface area (Å²) in [5.74, 6) is 1.72. The van der Waals surface area contributed by atoms with E-state index in [1.54, 1.807) is 23.1 Å². The van der Waals surface area contributed by atoms with E-state index in [-0.39, 0.29) is 23.2 Å². The number of carbonyl (C=O) groups is 1. The molecule has 0 unspecified atom stereocenters.